The Hall–Kier alpha value is -1.36. The Morgan fingerprint density at radius 2 is 1.79 bits per heavy atom. The molecule has 19 heavy (non-hydrogen) atoms. The first-order chi connectivity index (χ1) is 9.28. The van der Waals surface area contributed by atoms with E-state index < -0.39 is 0 Å². The van der Waals surface area contributed by atoms with Gasteiger partial charge in [-0.15, -0.1) is 0 Å². The fourth-order valence-electron chi connectivity index (χ4n) is 2.34. The Morgan fingerprint density at radius 1 is 1.05 bits per heavy atom. The molecule has 0 bridgehead atoms. The summed E-state index contributed by atoms with van der Waals surface area (Å²) < 4.78 is 3.59. The van der Waals surface area contributed by atoms with Crippen molar-refractivity contribution in [3.05, 3.63) is 63.5 Å². The monoisotopic (exact) mass is 362 g/mol. The summed E-state index contributed by atoms with van der Waals surface area (Å²) in [5.41, 5.74) is 3.63. The van der Waals surface area contributed by atoms with Crippen LogP contribution in [-0.4, -0.2) is 9.55 Å². The third-order valence-corrected chi connectivity index (χ3v) is 4.02. The maximum atomic E-state index is 4.71. The Labute approximate surface area is 126 Å². The molecular weight excluding hydrogens is 347 g/mol. The Balaban J connectivity index is 2.06. The zero-order valence-electron chi connectivity index (χ0n) is 10.8. The number of imidazole rings is 1. The van der Waals surface area contributed by atoms with Crippen molar-refractivity contribution in [2.24, 2.45) is 0 Å². The van der Waals surface area contributed by atoms with Gasteiger partial charge in [0.05, 0.1) is 11.0 Å². The van der Waals surface area contributed by atoms with Crippen molar-refractivity contribution in [2.45, 2.75) is 19.9 Å². The lowest BCUT2D eigenvalue weighted by molar-refractivity contribution is 0.753. The lowest BCUT2D eigenvalue weighted by atomic mass is 10.2. The van der Waals surface area contributed by atoms with Crippen LogP contribution >= 0.6 is 22.6 Å². The van der Waals surface area contributed by atoms with E-state index in [2.05, 4.69) is 76.5 Å². The van der Waals surface area contributed by atoms with Crippen LogP contribution in [0.4, 0.5) is 0 Å². The second-order valence-corrected chi connectivity index (χ2v) is 5.83. The van der Waals surface area contributed by atoms with Gasteiger partial charge in [-0.05, 0) is 52.4 Å². The van der Waals surface area contributed by atoms with E-state index in [1.807, 2.05) is 6.07 Å². The van der Waals surface area contributed by atoms with Crippen molar-refractivity contribution >= 4 is 33.6 Å². The standard InChI is InChI=1S/C16H15IN2/c1-2-16-18-14-5-3-4-6-15(14)19(16)11-12-7-9-13(17)10-8-12/h3-10H,2,11H2,1H3. The van der Waals surface area contributed by atoms with E-state index in [0.717, 1.165) is 24.3 Å². The number of para-hydroxylation sites is 2. The van der Waals surface area contributed by atoms with E-state index in [1.165, 1.54) is 14.7 Å². The molecule has 1 aromatic heterocycles. The number of aromatic nitrogens is 2. The molecule has 0 saturated heterocycles. The zero-order chi connectivity index (χ0) is 13.2. The van der Waals surface area contributed by atoms with Gasteiger partial charge in [-0.1, -0.05) is 31.2 Å². The van der Waals surface area contributed by atoms with Gasteiger partial charge in [0.2, 0.25) is 0 Å². The molecule has 2 aromatic carbocycles. The summed E-state index contributed by atoms with van der Waals surface area (Å²) in [4.78, 5) is 4.71. The van der Waals surface area contributed by atoms with Crippen LogP contribution in [0.2, 0.25) is 0 Å². The van der Waals surface area contributed by atoms with Crippen molar-refractivity contribution in [1.82, 2.24) is 9.55 Å². The minimum absolute atomic E-state index is 0.889. The summed E-state index contributed by atoms with van der Waals surface area (Å²) in [6.45, 7) is 3.05. The first kappa shape index (κ1) is 12.7. The van der Waals surface area contributed by atoms with Gasteiger partial charge < -0.3 is 4.57 Å². The maximum Gasteiger partial charge on any atom is 0.109 e. The molecule has 0 aliphatic carbocycles. The van der Waals surface area contributed by atoms with E-state index in [9.17, 15) is 0 Å². The molecule has 96 valence electrons. The SMILES string of the molecule is CCc1nc2ccccc2n1Cc1ccc(I)cc1. The average molecular weight is 362 g/mol. The van der Waals surface area contributed by atoms with Crippen molar-refractivity contribution in [2.75, 3.05) is 0 Å². The summed E-state index contributed by atoms with van der Waals surface area (Å²) in [6, 6.07) is 17.0. The number of aryl methyl sites for hydroxylation is 1. The second-order valence-electron chi connectivity index (χ2n) is 4.58. The highest BCUT2D eigenvalue weighted by Gasteiger charge is 2.08. The normalized spacial score (nSPS) is 11.1. The molecule has 3 aromatic rings. The van der Waals surface area contributed by atoms with E-state index in [4.69, 9.17) is 4.98 Å². The first-order valence-corrected chi connectivity index (χ1v) is 7.54. The minimum atomic E-state index is 0.889. The fraction of sp³-hybridized carbons (Fsp3) is 0.188. The summed E-state index contributed by atoms with van der Waals surface area (Å²) in [5.74, 6) is 1.15. The summed E-state index contributed by atoms with van der Waals surface area (Å²) in [7, 11) is 0. The largest absolute Gasteiger partial charge is 0.323 e. The maximum absolute atomic E-state index is 4.71. The van der Waals surface area contributed by atoms with Crippen LogP contribution in [0.5, 0.6) is 0 Å². The van der Waals surface area contributed by atoms with Gasteiger partial charge in [0.1, 0.15) is 5.82 Å². The van der Waals surface area contributed by atoms with Crippen LogP contribution in [0.3, 0.4) is 0 Å². The number of halogens is 1. The third kappa shape index (κ3) is 2.52. The highest BCUT2D eigenvalue weighted by molar-refractivity contribution is 14.1. The summed E-state index contributed by atoms with van der Waals surface area (Å²) in [6.07, 6.45) is 0.957. The molecule has 0 fully saturated rings. The molecular formula is C16H15IN2. The van der Waals surface area contributed by atoms with Crippen molar-refractivity contribution in [1.29, 1.82) is 0 Å². The van der Waals surface area contributed by atoms with Crippen LogP contribution in [0, 0.1) is 3.57 Å². The smallest absolute Gasteiger partial charge is 0.109 e. The van der Waals surface area contributed by atoms with Crippen LogP contribution < -0.4 is 0 Å². The summed E-state index contributed by atoms with van der Waals surface area (Å²) >= 11 is 2.34. The van der Waals surface area contributed by atoms with E-state index >= 15 is 0 Å². The van der Waals surface area contributed by atoms with E-state index in [1.54, 1.807) is 0 Å². The van der Waals surface area contributed by atoms with Gasteiger partial charge in [0.25, 0.3) is 0 Å². The Bertz CT molecular complexity index is 698. The molecule has 0 aliphatic rings. The van der Waals surface area contributed by atoms with E-state index in [0.29, 0.717) is 0 Å². The quantitative estimate of drug-likeness (QED) is 0.637. The van der Waals surface area contributed by atoms with Gasteiger partial charge in [-0.2, -0.15) is 0 Å². The predicted octanol–water partition coefficient (Wildman–Crippen LogP) is 4.25. The molecule has 3 heteroatoms. The number of nitrogens with zero attached hydrogens (tertiary/aromatic N) is 2. The molecule has 2 nitrogen and oxygen atoms in total. The second kappa shape index (κ2) is 5.33. The van der Waals surface area contributed by atoms with Crippen molar-refractivity contribution in [3.8, 4) is 0 Å². The van der Waals surface area contributed by atoms with Crippen LogP contribution in [0.25, 0.3) is 11.0 Å². The van der Waals surface area contributed by atoms with Crippen LogP contribution in [0.1, 0.15) is 18.3 Å². The molecule has 0 spiro atoms. The number of hydrogen-bond donors (Lipinski definition) is 0. The summed E-state index contributed by atoms with van der Waals surface area (Å²) in [5, 5.41) is 0. The Morgan fingerprint density at radius 3 is 2.53 bits per heavy atom. The minimum Gasteiger partial charge on any atom is -0.323 e. The molecule has 0 N–H and O–H groups in total. The zero-order valence-corrected chi connectivity index (χ0v) is 13.0. The molecule has 1 heterocycles. The van der Waals surface area contributed by atoms with Gasteiger partial charge in [0, 0.05) is 16.5 Å². The first-order valence-electron chi connectivity index (χ1n) is 6.46. The number of hydrogen-bond acceptors (Lipinski definition) is 1. The van der Waals surface area contributed by atoms with Gasteiger partial charge in [-0.3, -0.25) is 0 Å². The molecule has 3 rings (SSSR count). The molecule has 0 radical (unpaired) electrons. The molecule has 0 amide bonds. The third-order valence-electron chi connectivity index (χ3n) is 3.30. The fourth-order valence-corrected chi connectivity index (χ4v) is 2.70. The topological polar surface area (TPSA) is 17.8 Å². The number of fused-ring (bicyclic) bond motifs is 1. The highest BCUT2D eigenvalue weighted by atomic mass is 127. The molecule has 0 saturated carbocycles. The van der Waals surface area contributed by atoms with Crippen molar-refractivity contribution < 1.29 is 0 Å². The molecule has 0 unspecified atom stereocenters. The van der Waals surface area contributed by atoms with Gasteiger partial charge >= 0.3 is 0 Å². The lowest BCUT2D eigenvalue weighted by Gasteiger charge is -2.08. The average Bonchev–Trinajstić information content (AvgIpc) is 2.79. The lowest BCUT2D eigenvalue weighted by Crippen LogP contribution is -2.04. The number of rotatable bonds is 3. The van der Waals surface area contributed by atoms with Gasteiger partial charge in [0.15, 0.2) is 0 Å². The van der Waals surface area contributed by atoms with Crippen molar-refractivity contribution in [3.63, 3.8) is 0 Å². The number of benzene rings is 2. The molecule has 0 atom stereocenters. The van der Waals surface area contributed by atoms with Crippen LogP contribution in [0.15, 0.2) is 48.5 Å². The van der Waals surface area contributed by atoms with Crippen LogP contribution in [-0.2, 0) is 13.0 Å². The Kier molecular flexibility index (Phi) is 3.55. The molecule has 0 aliphatic heterocycles. The van der Waals surface area contributed by atoms with E-state index in [-0.39, 0.29) is 0 Å². The highest BCUT2D eigenvalue weighted by Crippen LogP contribution is 2.18. The predicted molar refractivity (Wildman–Crippen MR) is 87.4 cm³/mol. The van der Waals surface area contributed by atoms with Gasteiger partial charge in [-0.25, -0.2) is 4.98 Å².